The number of nitrogens with one attached hydrogen (secondary N) is 1. The number of ether oxygens (including phenoxy) is 2. The van der Waals surface area contributed by atoms with Gasteiger partial charge in [-0.25, -0.2) is 5.43 Å². The minimum absolute atomic E-state index is 0.0207. The van der Waals surface area contributed by atoms with E-state index in [4.69, 9.17) is 9.47 Å². The van der Waals surface area contributed by atoms with Crippen molar-refractivity contribution in [3.05, 3.63) is 63.7 Å². The third-order valence-electron chi connectivity index (χ3n) is 3.46. The molecule has 1 aliphatic heterocycles. The maximum atomic E-state index is 11.9. The standard InChI is InChI=1S/C16H13N3O6/c20-15(10-4-2-1-3-5-10)16(21)18-17-8-11-6-13-14(25-9-24-13)7-12(11)19(22)23/h1-8,15,20H,9H2,(H,18,21)/b17-8+. The number of hydrogen-bond donors (Lipinski definition) is 2. The van der Waals surface area contributed by atoms with Crippen LogP contribution in [0.5, 0.6) is 11.5 Å². The number of aliphatic hydroxyl groups excluding tert-OH is 1. The van der Waals surface area contributed by atoms with Gasteiger partial charge in [0.05, 0.1) is 22.8 Å². The largest absolute Gasteiger partial charge is 0.454 e. The van der Waals surface area contributed by atoms with Crippen LogP contribution < -0.4 is 14.9 Å². The molecule has 0 saturated carbocycles. The maximum absolute atomic E-state index is 11.9. The van der Waals surface area contributed by atoms with Gasteiger partial charge in [0.1, 0.15) is 0 Å². The van der Waals surface area contributed by atoms with E-state index < -0.39 is 16.9 Å². The van der Waals surface area contributed by atoms with Crippen LogP contribution in [-0.2, 0) is 4.79 Å². The third-order valence-corrected chi connectivity index (χ3v) is 3.46. The van der Waals surface area contributed by atoms with Gasteiger partial charge in [0.2, 0.25) is 6.79 Å². The topological polar surface area (TPSA) is 123 Å². The number of nitro groups is 1. The highest BCUT2D eigenvalue weighted by atomic mass is 16.7. The van der Waals surface area contributed by atoms with Crippen LogP contribution in [0.2, 0.25) is 0 Å². The number of carbonyl (C=O) groups is 1. The second-order valence-electron chi connectivity index (χ2n) is 5.07. The van der Waals surface area contributed by atoms with Crippen molar-refractivity contribution in [2.45, 2.75) is 6.10 Å². The molecule has 9 nitrogen and oxygen atoms in total. The van der Waals surface area contributed by atoms with Crippen molar-refractivity contribution in [3.63, 3.8) is 0 Å². The third kappa shape index (κ3) is 3.56. The number of hydrazone groups is 1. The summed E-state index contributed by atoms with van der Waals surface area (Å²) in [4.78, 5) is 22.4. The Balaban J connectivity index is 1.74. The summed E-state index contributed by atoms with van der Waals surface area (Å²) in [6, 6.07) is 10.9. The quantitative estimate of drug-likeness (QED) is 0.482. The predicted octanol–water partition coefficient (Wildman–Crippen LogP) is 1.51. The SMILES string of the molecule is O=C(N/N=C/c1cc2c(cc1[N+](=O)[O-])OCO2)C(O)c1ccccc1. The molecular weight excluding hydrogens is 330 g/mol. The Morgan fingerprint density at radius 1 is 1.28 bits per heavy atom. The van der Waals surface area contributed by atoms with Crippen molar-refractivity contribution in [1.82, 2.24) is 5.43 Å². The molecular formula is C16H13N3O6. The Labute approximate surface area is 141 Å². The fourth-order valence-corrected chi connectivity index (χ4v) is 2.22. The molecule has 1 heterocycles. The Morgan fingerprint density at radius 3 is 2.64 bits per heavy atom. The summed E-state index contributed by atoms with van der Waals surface area (Å²) in [5, 5.41) is 24.7. The van der Waals surface area contributed by atoms with E-state index in [1.54, 1.807) is 30.3 Å². The molecule has 3 rings (SSSR count). The lowest BCUT2D eigenvalue weighted by atomic mass is 10.1. The van der Waals surface area contributed by atoms with E-state index in [0.717, 1.165) is 6.21 Å². The molecule has 9 heteroatoms. The Morgan fingerprint density at radius 2 is 1.96 bits per heavy atom. The second kappa shape index (κ2) is 6.97. The zero-order chi connectivity index (χ0) is 17.8. The Bertz CT molecular complexity index is 837. The minimum atomic E-state index is -1.40. The van der Waals surface area contributed by atoms with Gasteiger partial charge >= 0.3 is 0 Å². The molecule has 1 amide bonds. The molecule has 1 aliphatic rings. The normalized spacial score (nSPS) is 13.6. The zero-order valence-corrected chi connectivity index (χ0v) is 12.8. The summed E-state index contributed by atoms with van der Waals surface area (Å²) in [6.45, 7) is -0.0207. The first-order valence-corrected chi connectivity index (χ1v) is 7.20. The maximum Gasteiger partial charge on any atom is 0.282 e. The molecule has 2 aromatic carbocycles. The molecule has 25 heavy (non-hydrogen) atoms. The van der Waals surface area contributed by atoms with Crippen molar-refractivity contribution >= 4 is 17.8 Å². The van der Waals surface area contributed by atoms with Gasteiger partial charge in [0, 0.05) is 0 Å². The molecule has 0 radical (unpaired) electrons. The lowest BCUT2D eigenvalue weighted by Crippen LogP contribution is -2.25. The molecule has 0 spiro atoms. The fraction of sp³-hybridized carbons (Fsp3) is 0.125. The van der Waals surface area contributed by atoms with E-state index in [9.17, 15) is 20.0 Å². The molecule has 1 atom stereocenters. The van der Waals surface area contributed by atoms with E-state index in [2.05, 4.69) is 10.5 Å². The van der Waals surface area contributed by atoms with Crippen LogP contribution in [0.3, 0.4) is 0 Å². The number of nitrogens with zero attached hydrogens (tertiary/aromatic N) is 2. The summed E-state index contributed by atoms with van der Waals surface area (Å²) < 4.78 is 10.3. The highest BCUT2D eigenvalue weighted by Crippen LogP contribution is 2.37. The monoisotopic (exact) mass is 343 g/mol. The van der Waals surface area contributed by atoms with Crippen molar-refractivity contribution in [2.24, 2.45) is 5.10 Å². The van der Waals surface area contributed by atoms with E-state index in [1.807, 2.05) is 0 Å². The van der Waals surface area contributed by atoms with Crippen molar-refractivity contribution in [2.75, 3.05) is 6.79 Å². The van der Waals surface area contributed by atoms with Crippen LogP contribution >= 0.6 is 0 Å². The molecule has 2 N–H and O–H groups in total. The van der Waals surface area contributed by atoms with E-state index in [-0.39, 0.29) is 23.8 Å². The number of benzene rings is 2. The number of aliphatic hydroxyl groups is 1. The number of rotatable bonds is 5. The number of hydrogen-bond acceptors (Lipinski definition) is 7. The predicted molar refractivity (Wildman–Crippen MR) is 86.4 cm³/mol. The highest BCUT2D eigenvalue weighted by molar-refractivity contribution is 5.89. The van der Waals surface area contributed by atoms with Gasteiger partial charge in [0.15, 0.2) is 17.6 Å². The molecule has 0 bridgehead atoms. The van der Waals surface area contributed by atoms with Crippen molar-refractivity contribution in [1.29, 1.82) is 0 Å². The van der Waals surface area contributed by atoms with Gasteiger partial charge in [0.25, 0.3) is 11.6 Å². The number of amides is 1. The molecule has 0 aliphatic carbocycles. The van der Waals surface area contributed by atoms with E-state index in [1.165, 1.54) is 12.1 Å². The lowest BCUT2D eigenvalue weighted by Gasteiger charge is -2.08. The zero-order valence-electron chi connectivity index (χ0n) is 12.8. The number of fused-ring (bicyclic) bond motifs is 1. The van der Waals surface area contributed by atoms with Gasteiger partial charge in [-0.15, -0.1) is 0 Å². The highest BCUT2D eigenvalue weighted by Gasteiger charge is 2.22. The lowest BCUT2D eigenvalue weighted by molar-refractivity contribution is -0.385. The first-order chi connectivity index (χ1) is 12.1. The van der Waals surface area contributed by atoms with Crippen molar-refractivity contribution in [3.8, 4) is 11.5 Å². The average molecular weight is 343 g/mol. The molecule has 2 aromatic rings. The van der Waals surface area contributed by atoms with Crippen LogP contribution in [0.15, 0.2) is 47.6 Å². The van der Waals surface area contributed by atoms with Crippen LogP contribution in [0.4, 0.5) is 5.69 Å². The fourth-order valence-electron chi connectivity index (χ4n) is 2.22. The average Bonchev–Trinajstić information content (AvgIpc) is 3.08. The molecule has 0 fully saturated rings. The Hall–Kier alpha value is -3.46. The van der Waals surface area contributed by atoms with E-state index in [0.29, 0.717) is 11.3 Å². The van der Waals surface area contributed by atoms with Gasteiger partial charge in [-0.05, 0) is 11.6 Å². The smallest absolute Gasteiger partial charge is 0.282 e. The van der Waals surface area contributed by atoms with Crippen LogP contribution in [0, 0.1) is 10.1 Å². The minimum Gasteiger partial charge on any atom is -0.454 e. The van der Waals surface area contributed by atoms with E-state index >= 15 is 0 Å². The summed E-state index contributed by atoms with van der Waals surface area (Å²) >= 11 is 0. The summed E-state index contributed by atoms with van der Waals surface area (Å²) in [6.07, 6.45) is -0.291. The van der Waals surface area contributed by atoms with Crippen LogP contribution in [-0.4, -0.2) is 28.9 Å². The summed E-state index contributed by atoms with van der Waals surface area (Å²) in [5.41, 5.74) is 2.44. The van der Waals surface area contributed by atoms with Gasteiger partial charge < -0.3 is 14.6 Å². The molecule has 128 valence electrons. The Kier molecular flexibility index (Phi) is 4.57. The van der Waals surface area contributed by atoms with Crippen LogP contribution in [0.25, 0.3) is 0 Å². The first kappa shape index (κ1) is 16.4. The second-order valence-corrected chi connectivity index (χ2v) is 5.07. The molecule has 0 saturated heterocycles. The van der Waals surface area contributed by atoms with Gasteiger partial charge in [-0.2, -0.15) is 5.10 Å². The van der Waals surface area contributed by atoms with Crippen molar-refractivity contribution < 1.29 is 24.3 Å². The summed E-state index contributed by atoms with van der Waals surface area (Å²) in [7, 11) is 0. The summed E-state index contributed by atoms with van der Waals surface area (Å²) in [5.74, 6) is -0.138. The number of carbonyl (C=O) groups excluding carboxylic acids is 1. The van der Waals surface area contributed by atoms with Gasteiger partial charge in [-0.1, -0.05) is 30.3 Å². The number of nitro benzene ring substituents is 1. The molecule has 0 aromatic heterocycles. The van der Waals surface area contributed by atoms with Gasteiger partial charge in [-0.3, -0.25) is 14.9 Å². The van der Waals surface area contributed by atoms with Crippen LogP contribution in [0.1, 0.15) is 17.2 Å². The molecule has 1 unspecified atom stereocenters. The first-order valence-electron chi connectivity index (χ1n) is 7.20.